The van der Waals surface area contributed by atoms with Crippen LogP contribution in [-0.2, 0) is 20.5 Å². The molecule has 210 valence electrons. The van der Waals surface area contributed by atoms with Crippen LogP contribution in [0.5, 0.6) is 11.5 Å². The van der Waals surface area contributed by atoms with E-state index in [1.165, 1.54) is 12.0 Å². The summed E-state index contributed by atoms with van der Waals surface area (Å²) in [6.45, 7) is 6.44. The Morgan fingerprint density at radius 3 is 2.08 bits per heavy atom. The molecule has 0 spiro atoms. The summed E-state index contributed by atoms with van der Waals surface area (Å²) in [5, 5.41) is 0. The van der Waals surface area contributed by atoms with Crippen molar-refractivity contribution in [2.45, 2.75) is 64.0 Å². The van der Waals surface area contributed by atoms with Gasteiger partial charge in [0.05, 0.1) is 19.1 Å². The number of likely N-dealkylation sites (tertiary alicyclic amines) is 1. The van der Waals surface area contributed by atoms with Crippen molar-refractivity contribution >= 4 is 16.2 Å². The molecular weight excluding hydrogens is 521 g/mol. The molecule has 11 heteroatoms. The van der Waals surface area contributed by atoms with Crippen molar-refractivity contribution in [1.82, 2.24) is 9.62 Å². The molecule has 0 saturated carbocycles. The molecule has 0 radical (unpaired) electrons. The molecule has 0 aliphatic carbocycles. The molecule has 0 unspecified atom stereocenters. The number of benzene rings is 2. The lowest BCUT2D eigenvalue weighted by molar-refractivity contribution is -0.150. The topological polar surface area (TPSA) is 84.9 Å². The van der Waals surface area contributed by atoms with Crippen LogP contribution in [0, 0.1) is 0 Å². The average Bonchev–Trinajstić information content (AvgIpc) is 2.82. The first kappa shape index (κ1) is 29.8. The molecule has 3 rings (SSSR count). The highest BCUT2D eigenvalue weighted by atomic mass is 32.2. The van der Waals surface area contributed by atoms with Gasteiger partial charge in [-0.15, -0.1) is 0 Å². The lowest BCUT2D eigenvalue weighted by atomic mass is 9.72. The number of nitrogens with zero attached hydrogens (tertiary/aromatic N) is 1. The van der Waals surface area contributed by atoms with Crippen LogP contribution in [0.3, 0.4) is 0 Å². The summed E-state index contributed by atoms with van der Waals surface area (Å²) >= 11 is 0. The monoisotopic (exact) mass is 556 g/mol. The van der Waals surface area contributed by atoms with Crippen LogP contribution in [0.1, 0.15) is 69.1 Å². The summed E-state index contributed by atoms with van der Waals surface area (Å²) in [7, 11) is -3.17. The second-order valence-electron chi connectivity index (χ2n) is 10.2. The summed E-state index contributed by atoms with van der Waals surface area (Å²) in [5.41, 5.74) is 0.418. The summed E-state index contributed by atoms with van der Waals surface area (Å²) < 4.78 is 78.3. The normalized spacial score (nSPS) is 16.5. The first-order chi connectivity index (χ1) is 17.7. The Balaban J connectivity index is 1.95. The van der Waals surface area contributed by atoms with E-state index in [0.29, 0.717) is 22.4 Å². The molecule has 7 nitrogen and oxygen atoms in total. The van der Waals surface area contributed by atoms with Crippen LogP contribution in [0.2, 0.25) is 0 Å². The summed E-state index contributed by atoms with van der Waals surface area (Å²) in [5.74, 6) is -0.330. The molecule has 2 aromatic rings. The summed E-state index contributed by atoms with van der Waals surface area (Å²) in [6.07, 6.45) is -4.41. The molecule has 38 heavy (non-hydrogen) atoms. The number of hydrogen-bond acceptors (Lipinski definition) is 6. The minimum Gasteiger partial charge on any atom is -0.497 e. The van der Waals surface area contributed by atoms with Gasteiger partial charge in [0.2, 0.25) is 5.91 Å². The number of nitrogens with one attached hydrogen (secondary N) is 1. The first-order valence-electron chi connectivity index (χ1n) is 12.5. The molecular formula is C27H35F3N2O5S. The van der Waals surface area contributed by atoms with E-state index in [2.05, 4.69) is 4.72 Å². The quantitative estimate of drug-likeness (QED) is 0.453. The molecule has 2 aromatic carbocycles. The predicted molar refractivity (Wildman–Crippen MR) is 139 cm³/mol. The third kappa shape index (κ3) is 6.99. The Kier molecular flexibility index (Phi) is 9.03. The summed E-state index contributed by atoms with van der Waals surface area (Å²) in [6, 6.07) is 12.0. The number of piperidine rings is 1. The molecule has 0 aromatic heterocycles. The van der Waals surface area contributed by atoms with Crippen LogP contribution in [0.4, 0.5) is 13.2 Å². The van der Waals surface area contributed by atoms with Gasteiger partial charge in [-0.3, -0.25) is 9.69 Å². The number of ether oxygens (including phenoxy) is 1. The lowest BCUT2D eigenvalue weighted by Crippen LogP contribution is -2.54. The van der Waals surface area contributed by atoms with E-state index in [1.807, 2.05) is 33.8 Å². The van der Waals surface area contributed by atoms with Crippen LogP contribution >= 0.6 is 0 Å². The Hall–Kier alpha value is -2.79. The van der Waals surface area contributed by atoms with Crippen molar-refractivity contribution in [3.8, 4) is 11.5 Å². The van der Waals surface area contributed by atoms with Gasteiger partial charge in [0, 0.05) is 0 Å². The van der Waals surface area contributed by atoms with Crippen molar-refractivity contribution < 1.29 is 35.3 Å². The molecule has 1 saturated heterocycles. The Labute approximate surface area is 222 Å². The second kappa shape index (κ2) is 11.5. The average molecular weight is 557 g/mol. The van der Waals surface area contributed by atoms with E-state index in [-0.39, 0.29) is 43.5 Å². The fourth-order valence-corrected chi connectivity index (χ4v) is 5.71. The Morgan fingerprint density at radius 1 is 1.03 bits per heavy atom. The van der Waals surface area contributed by atoms with Crippen LogP contribution in [0.15, 0.2) is 42.5 Å². The predicted octanol–water partition coefficient (Wildman–Crippen LogP) is 5.28. The Bertz CT molecular complexity index is 1210. The molecule has 1 amide bonds. The highest BCUT2D eigenvalue weighted by Crippen LogP contribution is 2.39. The van der Waals surface area contributed by atoms with E-state index in [0.717, 1.165) is 0 Å². The first-order valence-corrected chi connectivity index (χ1v) is 13.9. The number of halogens is 3. The van der Waals surface area contributed by atoms with Gasteiger partial charge in [-0.2, -0.15) is 21.6 Å². The van der Waals surface area contributed by atoms with Crippen LogP contribution in [-0.4, -0.2) is 52.1 Å². The molecule has 1 fully saturated rings. The number of rotatable bonds is 9. The smallest absolute Gasteiger partial charge is 0.409 e. The minimum atomic E-state index is -4.62. The lowest BCUT2D eigenvalue weighted by Gasteiger charge is -2.41. The zero-order valence-corrected chi connectivity index (χ0v) is 23.1. The van der Waals surface area contributed by atoms with Gasteiger partial charge in [-0.05, 0) is 66.6 Å². The van der Waals surface area contributed by atoms with E-state index in [4.69, 9.17) is 8.92 Å². The molecule has 1 aliphatic rings. The maximum Gasteiger partial charge on any atom is 0.409 e. The zero-order chi connectivity index (χ0) is 28.3. The van der Waals surface area contributed by atoms with Gasteiger partial charge in [-0.25, -0.2) is 4.72 Å². The van der Waals surface area contributed by atoms with E-state index >= 15 is 0 Å². The SMILES string of the molecule is COc1cccc(C2(C(=O)NS(=O)(=O)Oc3c(C(C)C)cccc3C(C)C)CCN(CC(F)(F)F)CC2)c1. The van der Waals surface area contributed by atoms with Gasteiger partial charge >= 0.3 is 16.5 Å². The number of amides is 1. The van der Waals surface area contributed by atoms with Crippen molar-refractivity contribution in [3.05, 3.63) is 59.2 Å². The summed E-state index contributed by atoms with van der Waals surface area (Å²) in [4.78, 5) is 14.9. The third-order valence-corrected chi connectivity index (χ3v) is 7.72. The fraction of sp³-hybridized carbons (Fsp3) is 0.519. The third-order valence-electron chi connectivity index (χ3n) is 6.90. The number of carbonyl (C=O) groups excluding carboxylic acids is 1. The largest absolute Gasteiger partial charge is 0.497 e. The number of alkyl halides is 3. The second-order valence-corrected chi connectivity index (χ2v) is 11.5. The number of para-hydroxylation sites is 1. The van der Waals surface area contributed by atoms with Gasteiger partial charge in [0.1, 0.15) is 5.75 Å². The van der Waals surface area contributed by atoms with E-state index in [9.17, 15) is 26.4 Å². The number of methoxy groups -OCH3 is 1. The van der Waals surface area contributed by atoms with Gasteiger partial charge in [-0.1, -0.05) is 58.0 Å². The van der Waals surface area contributed by atoms with Crippen molar-refractivity contribution in [3.63, 3.8) is 0 Å². The van der Waals surface area contributed by atoms with E-state index in [1.54, 1.807) is 36.4 Å². The number of hydrogen-bond donors (Lipinski definition) is 1. The number of carbonyl (C=O) groups is 1. The van der Waals surface area contributed by atoms with Gasteiger partial charge < -0.3 is 8.92 Å². The standard InChI is InChI=1S/C27H35F3N2O5S/c1-18(2)22-10-7-11-23(19(3)4)24(22)37-38(34,35)31-25(33)26(20-8-6-9-21(16-20)36-5)12-14-32(15-13-26)17-27(28,29)30/h6-11,16,18-19H,12-15,17H2,1-5H3,(H,31,33). The maximum absolute atomic E-state index is 13.7. The highest BCUT2D eigenvalue weighted by Gasteiger charge is 2.46. The molecule has 0 bridgehead atoms. The highest BCUT2D eigenvalue weighted by molar-refractivity contribution is 7.85. The van der Waals surface area contributed by atoms with E-state index < -0.39 is 34.3 Å². The van der Waals surface area contributed by atoms with Gasteiger partial charge in [0.15, 0.2) is 5.75 Å². The van der Waals surface area contributed by atoms with Gasteiger partial charge in [0.25, 0.3) is 0 Å². The molecule has 1 N–H and O–H groups in total. The zero-order valence-electron chi connectivity index (χ0n) is 22.3. The molecule has 0 atom stereocenters. The molecule has 1 heterocycles. The van der Waals surface area contributed by atoms with Crippen molar-refractivity contribution in [1.29, 1.82) is 0 Å². The maximum atomic E-state index is 13.7. The van der Waals surface area contributed by atoms with Crippen molar-refractivity contribution in [2.24, 2.45) is 0 Å². The van der Waals surface area contributed by atoms with Crippen LogP contribution < -0.4 is 13.6 Å². The molecule has 1 aliphatic heterocycles. The minimum absolute atomic E-state index is 0.0164. The van der Waals surface area contributed by atoms with Crippen LogP contribution in [0.25, 0.3) is 0 Å². The Morgan fingerprint density at radius 2 is 1.58 bits per heavy atom. The van der Waals surface area contributed by atoms with Crippen molar-refractivity contribution in [2.75, 3.05) is 26.7 Å². The fourth-order valence-electron chi connectivity index (χ4n) is 4.83.